The molecule has 6 heteroatoms. The highest BCUT2D eigenvalue weighted by Crippen LogP contribution is 2.25. The lowest BCUT2D eigenvalue weighted by atomic mass is 10.0. The van der Waals surface area contributed by atoms with Gasteiger partial charge in [0.2, 0.25) is 11.8 Å². The number of nitrogens with two attached hydrogens (primary N) is 1. The fraction of sp³-hybridized carbons (Fsp3) is 0.167. The number of benzene rings is 3. The van der Waals surface area contributed by atoms with Crippen molar-refractivity contribution in [2.45, 2.75) is 19.0 Å². The van der Waals surface area contributed by atoms with Crippen molar-refractivity contribution >= 4 is 11.8 Å². The third-order valence-corrected chi connectivity index (χ3v) is 4.75. The maximum Gasteiger partial charge on any atom is 0.244 e. The van der Waals surface area contributed by atoms with Crippen molar-refractivity contribution in [1.82, 2.24) is 4.90 Å². The number of hydrogen-bond acceptors (Lipinski definition) is 3. The lowest BCUT2D eigenvalue weighted by molar-refractivity contribution is -0.139. The predicted molar refractivity (Wildman–Crippen MR) is 112 cm³/mol. The molecule has 0 aliphatic heterocycles. The standard InChI is InChI=1S/C24H23FN2O3/c1-30-21-12-6-8-18(14-21)16-27(22(28)15-17-7-5-11-20(25)13-17)23(24(26)29)19-9-3-2-4-10-19/h2-14,23H,15-16H2,1H3,(H2,26,29)/t23-/m1/s1. The third-order valence-electron chi connectivity index (χ3n) is 4.75. The molecule has 1 atom stereocenters. The molecule has 3 aromatic rings. The Bertz CT molecular complexity index is 1020. The van der Waals surface area contributed by atoms with Crippen LogP contribution in [0.15, 0.2) is 78.9 Å². The first-order valence-electron chi connectivity index (χ1n) is 9.49. The predicted octanol–water partition coefficient (Wildman–Crippen LogP) is 3.63. The van der Waals surface area contributed by atoms with Crippen LogP contribution in [0.4, 0.5) is 4.39 Å². The van der Waals surface area contributed by atoms with E-state index in [9.17, 15) is 14.0 Å². The van der Waals surface area contributed by atoms with E-state index in [4.69, 9.17) is 10.5 Å². The summed E-state index contributed by atoms with van der Waals surface area (Å²) in [6.07, 6.45) is -0.0572. The van der Waals surface area contributed by atoms with E-state index in [0.717, 1.165) is 5.56 Å². The number of hydrogen-bond donors (Lipinski definition) is 1. The van der Waals surface area contributed by atoms with E-state index in [1.807, 2.05) is 18.2 Å². The van der Waals surface area contributed by atoms with Crippen molar-refractivity contribution in [2.75, 3.05) is 7.11 Å². The van der Waals surface area contributed by atoms with Gasteiger partial charge in [0.15, 0.2) is 0 Å². The SMILES string of the molecule is COc1cccc(CN(C(=O)Cc2cccc(F)c2)[C@@H](C(N)=O)c2ccccc2)c1. The van der Waals surface area contributed by atoms with Crippen LogP contribution in [0.5, 0.6) is 5.75 Å². The molecule has 154 valence electrons. The van der Waals surface area contributed by atoms with Gasteiger partial charge < -0.3 is 15.4 Å². The summed E-state index contributed by atoms with van der Waals surface area (Å²) >= 11 is 0. The quantitative estimate of drug-likeness (QED) is 0.621. The van der Waals surface area contributed by atoms with Crippen molar-refractivity contribution in [2.24, 2.45) is 5.73 Å². The summed E-state index contributed by atoms with van der Waals surface area (Å²) in [5, 5.41) is 0. The van der Waals surface area contributed by atoms with Gasteiger partial charge in [-0.25, -0.2) is 4.39 Å². The van der Waals surface area contributed by atoms with Gasteiger partial charge in [-0.3, -0.25) is 9.59 Å². The summed E-state index contributed by atoms with van der Waals surface area (Å²) in [7, 11) is 1.56. The topological polar surface area (TPSA) is 72.6 Å². The van der Waals surface area contributed by atoms with Gasteiger partial charge in [0, 0.05) is 6.54 Å². The van der Waals surface area contributed by atoms with E-state index in [1.54, 1.807) is 55.6 Å². The summed E-state index contributed by atoms with van der Waals surface area (Å²) in [6.45, 7) is 0.147. The number of ether oxygens (including phenoxy) is 1. The van der Waals surface area contributed by atoms with Crippen LogP contribution < -0.4 is 10.5 Å². The first-order valence-corrected chi connectivity index (χ1v) is 9.49. The van der Waals surface area contributed by atoms with Crippen LogP contribution in [0, 0.1) is 5.82 Å². The van der Waals surface area contributed by atoms with Gasteiger partial charge in [-0.1, -0.05) is 54.6 Å². The molecule has 0 aromatic heterocycles. The van der Waals surface area contributed by atoms with Gasteiger partial charge in [-0.2, -0.15) is 0 Å². The first-order chi connectivity index (χ1) is 14.5. The number of carbonyl (C=O) groups is 2. The van der Waals surface area contributed by atoms with Crippen molar-refractivity contribution < 1.29 is 18.7 Å². The number of primary amides is 1. The summed E-state index contributed by atoms with van der Waals surface area (Å²) in [6, 6.07) is 21.0. The van der Waals surface area contributed by atoms with E-state index in [-0.39, 0.29) is 18.9 Å². The highest BCUT2D eigenvalue weighted by atomic mass is 19.1. The molecule has 0 radical (unpaired) electrons. The van der Waals surface area contributed by atoms with E-state index < -0.39 is 17.8 Å². The number of halogens is 1. The van der Waals surface area contributed by atoms with E-state index in [2.05, 4.69) is 0 Å². The molecule has 0 bridgehead atoms. The van der Waals surface area contributed by atoms with Gasteiger partial charge in [-0.05, 0) is 41.0 Å². The average molecular weight is 406 g/mol. The van der Waals surface area contributed by atoms with Gasteiger partial charge >= 0.3 is 0 Å². The molecular formula is C24H23FN2O3. The highest BCUT2D eigenvalue weighted by molar-refractivity contribution is 5.88. The molecule has 0 unspecified atom stereocenters. The van der Waals surface area contributed by atoms with E-state index in [1.165, 1.54) is 17.0 Å². The molecule has 3 aromatic carbocycles. The molecule has 0 fully saturated rings. The molecule has 0 aliphatic carbocycles. The molecule has 0 saturated heterocycles. The second kappa shape index (κ2) is 9.69. The fourth-order valence-corrected chi connectivity index (χ4v) is 3.35. The molecule has 0 saturated carbocycles. The van der Waals surface area contributed by atoms with Gasteiger partial charge in [-0.15, -0.1) is 0 Å². The van der Waals surface area contributed by atoms with Gasteiger partial charge in [0.05, 0.1) is 13.5 Å². The Kier molecular flexibility index (Phi) is 6.80. The molecule has 2 amide bonds. The van der Waals surface area contributed by atoms with Gasteiger partial charge in [0.25, 0.3) is 0 Å². The zero-order valence-corrected chi connectivity index (χ0v) is 16.6. The van der Waals surface area contributed by atoms with Crippen LogP contribution in [0.1, 0.15) is 22.7 Å². The Hall–Kier alpha value is -3.67. The zero-order valence-electron chi connectivity index (χ0n) is 16.6. The van der Waals surface area contributed by atoms with Crippen LogP contribution in [0.3, 0.4) is 0 Å². The highest BCUT2D eigenvalue weighted by Gasteiger charge is 2.30. The molecule has 2 N–H and O–H groups in total. The lowest BCUT2D eigenvalue weighted by Gasteiger charge is -2.30. The van der Waals surface area contributed by atoms with Crippen molar-refractivity contribution in [3.63, 3.8) is 0 Å². The van der Waals surface area contributed by atoms with Crippen LogP contribution in [0.2, 0.25) is 0 Å². The lowest BCUT2D eigenvalue weighted by Crippen LogP contribution is -2.42. The Balaban J connectivity index is 1.97. The Labute approximate surface area is 174 Å². The minimum atomic E-state index is -0.960. The smallest absolute Gasteiger partial charge is 0.244 e. The molecule has 3 rings (SSSR count). The Morgan fingerprint density at radius 2 is 1.67 bits per heavy atom. The number of amides is 2. The summed E-state index contributed by atoms with van der Waals surface area (Å²) in [5.41, 5.74) is 7.63. The minimum absolute atomic E-state index is 0.0572. The van der Waals surface area contributed by atoms with Crippen LogP contribution in [0.25, 0.3) is 0 Å². The largest absolute Gasteiger partial charge is 0.497 e. The van der Waals surface area contributed by atoms with Crippen molar-refractivity contribution in [3.8, 4) is 5.75 Å². The number of carbonyl (C=O) groups excluding carboxylic acids is 2. The first kappa shape index (κ1) is 21.0. The van der Waals surface area contributed by atoms with E-state index >= 15 is 0 Å². The Morgan fingerprint density at radius 3 is 2.33 bits per heavy atom. The van der Waals surface area contributed by atoms with E-state index in [0.29, 0.717) is 16.9 Å². The van der Waals surface area contributed by atoms with Crippen molar-refractivity contribution in [3.05, 3.63) is 101 Å². The second-order valence-corrected chi connectivity index (χ2v) is 6.90. The summed E-state index contributed by atoms with van der Waals surface area (Å²) in [5.74, 6) is -0.762. The maximum absolute atomic E-state index is 13.6. The second-order valence-electron chi connectivity index (χ2n) is 6.90. The fourth-order valence-electron chi connectivity index (χ4n) is 3.35. The monoisotopic (exact) mass is 406 g/mol. The Morgan fingerprint density at radius 1 is 0.967 bits per heavy atom. The zero-order chi connectivity index (χ0) is 21.5. The number of methoxy groups -OCH3 is 1. The van der Waals surface area contributed by atoms with Gasteiger partial charge in [0.1, 0.15) is 17.6 Å². The molecule has 0 spiro atoms. The number of nitrogens with zero attached hydrogens (tertiary/aromatic N) is 1. The molecular weight excluding hydrogens is 383 g/mol. The number of rotatable bonds is 8. The summed E-state index contributed by atoms with van der Waals surface area (Å²) < 4.78 is 18.8. The van der Waals surface area contributed by atoms with Crippen LogP contribution >= 0.6 is 0 Å². The maximum atomic E-state index is 13.6. The third kappa shape index (κ3) is 5.23. The average Bonchev–Trinajstić information content (AvgIpc) is 2.74. The molecule has 0 aliphatic rings. The minimum Gasteiger partial charge on any atom is -0.497 e. The van der Waals surface area contributed by atoms with Crippen LogP contribution in [-0.4, -0.2) is 23.8 Å². The molecule has 5 nitrogen and oxygen atoms in total. The molecule has 0 heterocycles. The summed E-state index contributed by atoms with van der Waals surface area (Å²) in [4.78, 5) is 27.1. The molecule has 30 heavy (non-hydrogen) atoms. The normalized spacial score (nSPS) is 11.5. The van der Waals surface area contributed by atoms with Crippen LogP contribution in [-0.2, 0) is 22.6 Å². The van der Waals surface area contributed by atoms with Crippen molar-refractivity contribution in [1.29, 1.82) is 0 Å².